The Bertz CT molecular complexity index is 1140. The molecule has 0 amide bonds. The third-order valence-electron chi connectivity index (χ3n) is 5.81. The number of benzene rings is 2. The van der Waals surface area contributed by atoms with E-state index < -0.39 is 11.6 Å². The predicted molar refractivity (Wildman–Crippen MR) is 121 cm³/mol. The van der Waals surface area contributed by atoms with Crippen molar-refractivity contribution in [3.63, 3.8) is 0 Å². The van der Waals surface area contributed by atoms with Crippen LogP contribution in [0.5, 0.6) is 5.75 Å². The van der Waals surface area contributed by atoms with Crippen LogP contribution in [0.2, 0.25) is 0 Å². The van der Waals surface area contributed by atoms with Crippen LogP contribution in [0.4, 0.5) is 15.8 Å². The number of halogens is 1. The number of aryl methyl sites for hydroxylation is 1. The second kappa shape index (κ2) is 9.03. The summed E-state index contributed by atoms with van der Waals surface area (Å²) in [5.41, 5.74) is 9.60. The van der Waals surface area contributed by atoms with E-state index in [-0.39, 0.29) is 23.8 Å². The summed E-state index contributed by atoms with van der Waals surface area (Å²) in [4.78, 5) is 19.5. The van der Waals surface area contributed by atoms with E-state index in [0.29, 0.717) is 29.6 Å². The van der Waals surface area contributed by atoms with Crippen LogP contribution < -0.4 is 15.8 Å². The molecule has 4 rings (SSSR count). The first-order valence-electron chi connectivity index (χ1n) is 10.6. The molecule has 0 saturated carbocycles. The Hall–Kier alpha value is -2.97. The molecule has 0 atom stereocenters. The number of phenolic OH excluding ortho intramolecular Hbond substituents is 1. The third-order valence-corrected chi connectivity index (χ3v) is 5.81. The normalized spacial score (nSPS) is 14.8. The van der Waals surface area contributed by atoms with Gasteiger partial charge in [-0.25, -0.2) is 9.37 Å². The summed E-state index contributed by atoms with van der Waals surface area (Å²) in [6.07, 6.45) is 3.88. The molecule has 1 aromatic heterocycles. The van der Waals surface area contributed by atoms with Crippen LogP contribution in [-0.2, 0) is 0 Å². The van der Waals surface area contributed by atoms with Crippen LogP contribution in [-0.4, -0.2) is 40.8 Å². The molecule has 0 radical (unpaired) electrons. The van der Waals surface area contributed by atoms with Gasteiger partial charge in [0.05, 0.1) is 22.9 Å². The Kier molecular flexibility index (Phi) is 6.20. The number of hydrogen-bond donors (Lipinski definition) is 2. The molecule has 2 aromatic carbocycles. The van der Waals surface area contributed by atoms with Crippen LogP contribution in [0.25, 0.3) is 16.6 Å². The summed E-state index contributed by atoms with van der Waals surface area (Å²) in [6.45, 7) is 4.09. The molecule has 0 bridgehead atoms. The molecule has 3 aromatic rings. The Morgan fingerprint density at radius 2 is 2.06 bits per heavy atom. The number of nitrogens with zero attached hydrogens (tertiary/aromatic N) is 3. The maximum absolute atomic E-state index is 14.8. The first kappa shape index (κ1) is 21.3. The van der Waals surface area contributed by atoms with E-state index in [2.05, 4.69) is 10.3 Å². The fraction of sp³-hybridized carbons (Fsp3) is 0.391. The van der Waals surface area contributed by atoms with Crippen LogP contribution in [0.15, 0.2) is 41.5 Å². The van der Waals surface area contributed by atoms with E-state index in [1.54, 1.807) is 47.0 Å². The van der Waals surface area contributed by atoms with E-state index in [1.807, 2.05) is 0 Å². The lowest BCUT2D eigenvalue weighted by atomic mass is 10.1. The van der Waals surface area contributed by atoms with Crippen molar-refractivity contribution < 1.29 is 9.50 Å². The van der Waals surface area contributed by atoms with E-state index in [0.717, 1.165) is 31.5 Å². The van der Waals surface area contributed by atoms with E-state index in [9.17, 15) is 14.3 Å². The lowest BCUT2D eigenvalue weighted by Gasteiger charge is -2.27. The molecule has 164 valence electrons. The Morgan fingerprint density at radius 1 is 1.29 bits per heavy atom. The molecule has 7 nitrogen and oxygen atoms in total. The Morgan fingerprint density at radius 3 is 2.81 bits per heavy atom. The quantitative estimate of drug-likeness (QED) is 0.622. The average molecular weight is 425 g/mol. The first-order valence-corrected chi connectivity index (χ1v) is 10.6. The number of hydrogen-bond acceptors (Lipinski definition) is 5. The summed E-state index contributed by atoms with van der Waals surface area (Å²) in [6, 6.07) is 8.46. The van der Waals surface area contributed by atoms with E-state index in [1.165, 1.54) is 6.07 Å². The minimum absolute atomic E-state index is 0.105. The molecule has 8 heteroatoms. The zero-order valence-corrected chi connectivity index (χ0v) is 17.6. The van der Waals surface area contributed by atoms with Gasteiger partial charge in [-0.1, -0.05) is 6.42 Å². The Balaban J connectivity index is 1.82. The van der Waals surface area contributed by atoms with E-state index >= 15 is 0 Å². The van der Waals surface area contributed by atoms with Gasteiger partial charge >= 0.3 is 0 Å². The molecule has 0 unspecified atom stereocenters. The predicted octanol–water partition coefficient (Wildman–Crippen LogP) is 4.05. The van der Waals surface area contributed by atoms with Gasteiger partial charge in [0.15, 0.2) is 11.6 Å². The van der Waals surface area contributed by atoms with Gasteiger partial charge in [0.25, 0.3) is 5.56 Å². The fourth-order valence-electron chi connectivity index (χ4n) is 4.19. The highest BCUT2D eigenvalue weighted by molar-refractivity contribution is 5.83. The molecular formula is C23H27FN5O2-. The molecule has 2 heterocycles. The van der Waals surface area contributed by atoms with E-state index in [4.69, 9.17) is 5.73 Å². The first-order chi connectivity index (χ1) is 15.0. The summed E-state index contributed by atoms with van der Waals surface area (Å²) in [5, 5.41) is 13.8. The van der Waals surface area contributed by atoms with Gasteiger partial charge in [0.2, 0.25) is 0 Å². The van der Waals surface area contributed by atoms with Crippen molar-refractivity contribution in [3.8, 4) is 5.75 Å². The molecule has 1 aliphatic rings. The van der Waals surface area contributed by atoms with Crippen molar-refractivity contribution in [2.24, 2.45) is 0 Å². The van der Waals surface area contributed by atoms with Crippen molar-refractivity contribution in [2.75, 3.05) is 31.1 Å². The highest BCUT2D eigenvalue weighted by atomic mass is 19.1. The van der Waals surface area contributed by atoms with Crippen molar-refractivity contribution in [3.05, 3.63) is 64.1 Å². The molecule has 1 fully saturated rings. The molecule has 0 spiro atoms. The van der Waals surface area contributed by atoms with Crippen LogP contribution in [0.3, 0.4) is 0 Å². The highest BCUT2D eigenvalue weighted by Gasteiger charge is 2.20. The Labute approximate surface area is 180 Å². The standard InChI is InChI=1S/C23H27FN5O2/c1-15-11-20(22(24)21(30)12-15)28(10-2-7-25)17-3-4-19-18(13-17)23(31)29(14-27-19)16-5-8-26-9-6-16/h3-4,11-14,16,25-26,30H,2,5-10H2,1H3/q-1. The highest BCUT2D eigenvalue weighted by Crippen LogP contribution is 2.34. The van der Waals surface area contributed by atoms with Gasteiger partial charge in [-0.15, -0.1) is 6.54 Å². The van der Waals surface area contributed by atoms with Gasteiger partial charge in [0, 0.05) is 18.3 Å². The average Bonchev–Trinajstić information content (AvgIpc) is 2.78. The third kappa shape index (κ3) is 4.26. The summed E-state index contributed by atoms with van der Waals surface area (Å²) in [5.74, 6) is -1.13. The van der Waals surface area contributed by atoms with Crippen LogP contribution in [0, 0.1) is 12.7 Å². The minimum atomic E-state index is -0.714. The molecular weight excluding hydrogens is 397 g/mol. The molecule has 1 saturated heterocycles. The lowest BCUT2D eigenvalue weighted by Crippen LogP contribution is -2.34. The number of nitrogens with one attached hydrogen (secondary N) is 2. The second-order valence-corrected chi connectivity index (χ2v) is 8.01. The largest absolute Gasteiger partial charge is 0.677 e. The molecule has 0 aliphatic carbocycles. The van der Waals surface area contributed by atoms with Crippen molar-refractivity contribution in [1.29, 1.82) is 0 Å². The minimum Gasteiger partial charge on any atom is -0.677 e. The van der Waals surface area contributed by atoms with Gasteiger partial charge in [-0.05, 0) is 68.8 Å². The summed E-state index contributed by atoms with van der Waals surface area (Å²) in [7, 11) is 0. The zero-order valence-electron chi connectivity index (χ0n) is 17.6. The maximum atomic E-state index is 14.8. The zero-order chi connectivity index (χ0) is 22.0. The van der Waals surface area contributed by atoms with Crippen molar-refractivity contribution in [1.82, 2.24) is 14.9 Å². The number of anilines is 2. The number of aromatic hydroxyl groups is 1. The summed E-state index contributed by atoms with van der Waals surface area (Å²) < 4.78 is 16.5. The summed E-state index contributed by atoms with van der Waals surface area (Å²) >= 11 is 0. The van der Waals surface area contributed by atoms with Crippen LogP contribution >= 0.6 is 0 Å². The van der Waals surface area contributed by atoms with Crippen LogP contribution in [0.1, 0.15) is 30.9 Å². The number of rotatable bonds is 6. The van der Waals surface area contributed by atoms with Gasteiger partial charge in [-0.3, -0.25) is 9.36 Å². The van der Waals surface area contributed by atoms with Crippen molar-refractivity contribution in [2.45, 2.75) is 32.2 Å². The SMILES string of the molecule is Cc1cc(O)c(F)c(N(CCC[NH-])c2ccc3ncn(C4CCNCC4)c(=O)c3c2)c1. The number of fused-ring (bicyclic) bond motifs is 1. The molecule has 3 N–H and O–H groups in total. The molecule has 31 heavy (non-hydrogen) atoms. The lowest BCUT2D eigenvalue weighted by molar-refractivity contribution is 0.359. The fourth-order valence-corrected chi connectivity index (χ4v) is 4.19. The molecule has 1 aliphatic heterocycles. The number of aromatic nitrogens is 2. The topological polar surface area (TPSA) is 94.2 Å². The van der Waals surface area contributed by atoms with Gasteiger partial charge in [0.1, 0.15) is 0 Å². The second-order valence-electron chi connectivity index (χ2n) is 8.01. The van der Waals surface area contributed by atoms with Gasteiger partial charge < -0.3 is 21.1 Å². The van der Waals surface area contributed by atoms with Gasteiger partial charge in [-0.2, -0.15) is 0 Å². The smallest absolute Gasteiger partial charge is 0.261 e. The maximum Gasteiger partial charge on any atom is 0.261 e. The number of phenols is 1. The monoisotopic (exact) mass is 424 g/mol. The number of piperidine rings is 1. The van der Waals surface area contributed by atoms with Crippen molar-refractivity contribution >= 4 is 22.3 Å².